The zero-order valence-corrected chi connectivity index (χ0v) is 18.0. The van der Waals surface area contributed by atoms with E-state index in [4.69, 9.17) is 9.47 Å². The van der Waals surface area contributed by atoms with Crippen LogP contribution in [0.3, 0.4) is 0 Å². The first-order valence-corrected chi connectivity index (χ1v) is 10.3. The highest BCUT2D eigenvalue weighted by Gasteiger charge is 2.46. The maximum atomic E-state index is 13.8. The molecule has 4 rings (SSSR count). The van der Waals surface area contributed by atoms with Crippen LogP contribution in [0, 0.1) is 0 Å². The number of fused-ring (bicyclic) bond motifs is 1. The Morgan fingerprint density at radius 3 is 2.27 bits per heavy atom. The van der Waals surface area contributed by atoms with Gasteiger partial charge in [0.25, 0.3) is 5.91 Å². The summed E-state index contributed by atoms with van der Waals surface area (Å²) in [5, 5.41) is 9.75. The van der Waals surface area contributed by atoms with E-state index in [2.05, 4.69) is 15.7 Å². The van der Waals surface area contributed by atoms with Gasteiger partial charge >= 0.3 is 6.18 Å². The number of halogens is 3. The molecule has 10 heteroatoms. The smallest absolute Gasteiger partial charge is 0.410 e. The average Bonchev–Trinajstić information content (AvgIpc) is 3.26. The Morgan fingerprint density at radius 1 is 1.09 bits per heavy atom. The van der Waals surface area contributed by atoms with Crippen molar-refractivity contribution < 1.29 is 27.4 Å². The van der Waals surface area contributed by atoms with Gasteiger partial charge in [0.05, 0.1) is 20.3 Å². The molecule has 1 aliphatic rings. The molecule has 0 fully saturated rings. The number of rotatable bonds is 6. The van der Waals surface area contributed by atoms with Crippen molar-refractivity contribution in [2.24, 2.45) is 0 Å². The first-order chi connectivity index (χ1) is 15.8. The first kappa shape index (κ1) is 22.5. The molecule has 0 bridgehead atoms. The number of aromatic nitrogens is 2. The molecular formula is C23H23F3N4O3. The highest BCUT2D eigenvalue weighted by atomic mass is 19.4. The average molecular weight is 460 g/mol. The Kier molecular flexibility index (Phi) is 6.17. The molecule has 174 valence electrons. The predicted molar refractivity (Wildman–Crippen MR) is 115 cm³/mol. The zero-order valence-electron chi connectivity index (χ0n) is 18.0. The number of hydrogen-bond acceptors (Lipinski definition) is 5. The van der Waals surface area contributed by atoms with Crippen LogP contribution in [0.15, 0.2) is 54.6 Å². The topological polar surface area (TPSA) is 77.4 Å². The summed E-state index contributed by atoms with van der Waals surface area (Å²) in [6.07, 6.45) is -4.78. The molecule has 0 spiro atoms. The summed E-state index contributed by atoms with van der Waals surface area (Å²) in [5.74, 6) is 0.876. The zero-order chi connectivity index (χ0) is 23.6. The van der Waals surface area contributed by atoms with Crippen molar-refractivity contribution in [2.75, 3.05) is 19.5 Å². The van der Waals surface area contributed by atoms with E-state index in [0.29, 0.717) is 17.1 Å². The van der Waals surface area contributed by atoms with E-state index in [9.17, 15) is 18.0 Å². The van der Waals surface area contributed by atoms with E-state index in [1.807, 2.05) is 0 Å². The van der Waals surface area contributed by atoms with Crippen molar-refractivity contribution in [3.8, 4) is 11.5 Å². The standard InChI is InChI=1S/C23H23F3N4O3/c1-32-16-7-3-14(4-8-16)13-27-22(31)19-12-21-28-18(15-5-9-17(33-2)10-6-15)11-20(23(24,25)26)30(21)29-19/h3-10,12,18,20,28H,11,13H2,1-2H3,(H,27,31)/t18-,20+/m0/s1. The van der Waals surface area contributed by atoms with Crippen LogP contribution in [0.1, 0.15) is 40.1 Å². The number of benzene rings is 2. The van der Waals surface area contributed by atoms with Gasteiger partial charge in [0.2, 0.25) is 0 Å². The quantitative estimate of drug-likeness (QED) is 0.567. The monoisotopic (exact) mass is 460 g/mol. The highest BCUT2D eigenvalue weighted by Crippen LogP contribution is 2.43. The van der Waals surface area contributed by atoms with Gasteiger partial charge in [0, 0.05) is 19.0 Å². The molecule has 2 atom stereocenters. The molecule has 0 aliphatic carbocycles. The minimum atomic E-state index is -4.52. The number of hydrogen-bond donors (Lipinski definition) is 2. The summed E-state index contributed by atoms with van der Waals surface area (Å²) in [5.41, 5.74) is 1.41. The molecule has 1 aliphatic heterocycles. The molecular weight excluding hydrogens is 437 g/mol. The van der Waals surface area contributed by atoms with Crippen LogP contribution < -0.4 is 20.1 Å². The molecule has 2 heterocycles. The van der Waals surface area contributed by atoms with Gasteiger partial charge in [-0.05, 0) is 35.4 Å². The second kappa shape index (κ2) is 9.05. The van der Waals surface area contributed by atoms with Gasteiger partial charge in [-0.3, -0.25) is 4.79 Å². The maximum absolute atomic E-state index is 13.8. The minimum absolute atomic E-state index is 0.0874. The van der Waals surface area contributed by atoms with Crippen molar-refractivity contribution >= 4 is 11.7 Å². The Hall–Kier alpha value is -3.69. The number of ether oxygens (including phenoxy) is 2. The largest absolute Gasteiger partial charge is 0.497 e. The van der Waals surface area contributed by atoms with E-state index >= 15 is 0 Å². The summed E-state index contributed by atoms with van der Waals surface area (Å²) in [7, 11) is 3.08. The van der Waals surface area contributed by atoms with Crippen LogP contribution in [-0.2, 0) is 6.54 Å². The molecule has 0 saturated heterocycles. The molecule has 0 radical (unpaired) electrons. The fourth-order valence-corrected chi connectivity index (χ4v) is 3.76. The van der Waals surface area contributed by atoms with Crippen molar-refractivity contribution in [2.45, 2.75) is 31.2 Å². The Balaban J connectivity index is 1.53. The van der Waals surface area contributed by atoms with Crippen LogP contribution in [0.25, 0.3) is 0 Å². The van der Waals surface area contributed by atoms with Gasteiger partial charge in [-0.15, -0.1) is 0 Å². The minimum Gasteiger partial charge on any atom is -0.497 e. The van der Waals surface area contributed by atoms with Gasteiger partial charge in [-0.1, -0.05) is 24.3 Å². The third-order valence-corrected chi connectivity index (χ3v) is 5.55. The van der Waals surface area contributed by atoms with Crippen molar-refractivity contribution in [1.29, 1.82) is 0 Å². The number of nitrogens with zero attached hydrogens (tertiary/aromatic N) is 2. The fraction of sp³-hybridized carbons (Fsp3) is 0.304. The van der Waals surface area contributed by atoms with Crippen LogP contribution in [0.4, 0.5) is 19.0 Å². The normalized spacial score (nSPS) is 17.6. The van der Waals surface area contributed by atoms with E-state index in [0.717, 1.165) is 10.2 Å². The summed E-state index contributed by atoms with van der Waals surface area (Å²) in [6, 6.07) is 12.8. The third kappa shape index (κ3) is 4.89. The number of methoxy groups -OCH3 is 2. The molecule has 2 aromatic carbocycles. The molecule has 1 amide bonds. The second-order valence-corrected chi connectivity index (χ2v) is 7.65. The number of anilines is 1. The van der Waals surface area contributed by atoms with Gasteiger partial charge in [0.1, 0.15) is 17.3 Å². The lowest BCUT2D eigenvalue weighted by Crippen LogP contribution is -2.35. The fourth-order valence-electron chi connectivity index (χ4n) is 3.76. The van der Waals surface area contributed by atoms with Crippen LogP contribution in [0.5, 0.6) is 11.5 Å². The molecule has 33 heavy (non-hydrogen) atoms. The molecule has 0 saturated carbocycles. The van der Waals surface area contributed by atoms with Crippen LogP contribution in [0.2, 0.25) is 0 Å². The third-order valence-electron chi connectivity index (χ3n) is 5.55. The Bertz CT molecular complexity index is 1110. The maximum Gasteiger partial charge on any atom is 0.410 e. The SMILES string of the molecule is COc1ccc(CNC(=O)c2cc3n(n2)[C@@H](C(F)(F)F)C[C@@H](c2ccc(OC)cc2)N3)cc1. The number of carbonyl (C=O) groups is 1. The molecule has 1 aromatic heterocycles. The molecule has 7 nitrogen and oxygen atoms in total. The lowest BCUT2D eigenvalue weighted by molar-refractivity contribution is -0.173. The van der Waals surface area contributed by atoms with Gasteiger partial charge in [-0.2, -0.15) is 18.3 Å². The Morgan fingerprint density at radius 2 is 1.70 bits per heavy atom. The Labute approximate surface area is 188 Å². The number of carbonyl (C=O) groups excluding carboxylic acids is 1. The number of amides is 1. The van der Waals surface area contributed by atoms with Crippen molar-refractivity contribution in [1.82, 2.24) is 15.1 Å². The van der Waals surface area contributed by atoms with E-state index < -0.39 is 24.2 Å². The first-order valence-electron chi connectivity index (χ1n) is 10.3. The van der Waals surface area contributed by atoms with Crippen LogP contribution in [-0.4, -0.2) is 36.1 Å². The lowest BCUT2D eigenvalue weighted by Gasteiger charge is -2.33. The number of alkyl halides is 3. The highest BCUT2D eigenvalue weighted by molar-refractivity contribution is 5.93. The van der Waals surface area contributed by atoms with E-state index in [1.54, 1.807) is 55.6 Å². The lowest BCUT2D eigenvalue weighted by atomic mass is 9.97. The molecule has 0 unspecified atom stereocenters. The summed E-state index contributed by atoms with van der Waals surface area (Å²) >= 11 is 0. The molecule has 3 aromatic rings. The molecule has 2 N–H and O–H groups in total. The summed E-state index contributed by atoms with van der Waals surface area (Å²) < 4.78 is 52.6. The van der Waals surface area contributed by atoms with E-state index in [1.165, 1.54) is 13.2 Å². The van der Waals surface area contributed by atoms with Gasteiger partial charge < -0.3 is 20.1 Å². The van der Waals surface area contributed by atoms with Crippen molar-refractivity contribution in [3.05, 3.63) is 71.4 Å². The van der Waals surface area contributed by atoms with Crippen molar-refractivity contribution in [3.63, 3.8) is 0 Å². The van der Waals surface area contributed by atoms with Crippen LogP contribution >= 0.6 is 0 Å². The predicted octanol–water partition coefficient (Wildman–Crippen LogP) is 4.49. The van der Waals surface area contributed by atoms with Gasteiger partial charge in [-0.25, -0.2) is 4.68 Å². The number of nitrogens with one attached hydrogen (secondary N) is 2. The van der Waals surface area contributed by atoms with E-state index in [-0.39, 0.29) is 24.5 Å². The summed E-state index contributed by atoms with van der Waals surface area (Å²) in [6.45, 7) is 0.204. The second-order valence-electron chi connectivity index (χ2n) is 7.65. The van der Waals surface area contributed by atoms with Gasteiger partial charge in [0.15, 0.2) is 11.7 Å². The summed E-state index contributed by atoms with van der Waals surface area (Å²) in [4.78, 5) is 12.6.